The number of likely N-dealkylation sites (N-methyl/N-ethyl adjacent to an activating group) is 1. The lowest BCUT2D eigenvalue weighted by molar-refractivity contribution is -0.160. The molecule has 1 aliphatic carbocycles. The molecule has 1 N–H and O–H groups in total. The number of carboxylic acid groups (broad SMARTS) is 1. The first-order valence-electron chi connectivity index (χ1n) is 11.6. The number of morpholine rings is 1. The number of hydrogen-bond donors (Lipinski definition) is 1. The summed E-state index contributed by atoms with van der Waals surface area (Å²) in [6.45, 7) is 16.5. The minimum Gasteiger partial charge on any atom is -0.495 e. The molecule has 0 spiro atoms. The van der Waals surface area contributed by atoms with Crippen molar-refractivity contribution >= 4 is 33.1 Å². The van der Waals surface area contributed by atoms with Crippen LogP contribution in [0.2, 0.25) is 0 Å². The molecule has 2 aromatic heterocycles. The van der Waals surface area contributed by atoms with Gasteiger partial charge >= 0.3 is 5.97 Å². The Morgan fingerprint density at radius 3 is 2.73 bits per heavy atom. The van der Waals surface area contributed by atoms with Crippen LogP contribution in [0.3, 0.4) is 0 Å². The van der Waals surface area contributed by atoms with Gasteiger partial charge in [-0.2, -0.15) is 0 Å². The molecular weight excluding hydrogens is 436 g/mol. The van der Waals surface area contributed by atoms with Crippen LogP contribution < -0.4 is 0 Å². The highest BCUT2D eigenvalue weighted by atomic mass is 32.1. The monoisotopic (exact) mass is 470 g/mol. The molecule has 0 radical (unpaired) electrons. The Hall–Kier alpha value is -2.22. The second-order valence-electron chi connectivity index (χ2n) is 9.91. The Morgan fingerprint density at radius 2 is 2.09 bits per heavy atom. The Bertz CT molecular complexity index is 1140. The lowest BCUT2D eigenvalue weighted by Crippen LogP contribution is -2.48. The maximum absolute atomic E-state index is 12.5. The molecule has 7 heteroatoms. The summed E-state index contributed by atoms with van der Waals surface area (Å²) in [5.74, 6) is 0.117. The van der Waals surface area contributed by atoms with Gasteiger partial charge in [0.1, 0.15) is 12.4 Å². The summed E-state index contributed by atoms with van der Waals surface area (Å²) in [7, 11) is 0. The molecule has 2 aliphatic rings. The third-order valence-electron chi connectivity index (χ3n) is 6.39. The van der Waals surface area contributed by atoms with E-state index in [2.05, 4.69) is 43.9 Å². The number of hydrogen-bond acceptors (Lipinski definition) is 6. The van der Waals surface area contributed by atoms with E-state index < -0.39 is 17.7 Å². The topological polar surface area (TPSA) is 71.9 Å². The molecule has 33 heavy (non-hydrogen) atoms. The van der Waals surface area contributed by atoms with E-state index in [1.54, 1.807) is 11.3 Å². The van der Waals surface area contributed by atoms with Crippen molar-refractivity contribution in [1.29, 1.82) is 0 Å². The molecule has 6 nitrogen and oxygen atoms in total. The van der Waals surface area contributed by atoms with Gasteiger partial charge in [-0.1, -0.05) is 19.9 Å². The molecule has 2 aromatic rings. The zero-order valence-corrected chi connectivity index (χ0v) is 21.4. The normalized spacial score (nSPS) is 22.4. The molecule has 2 unspecified atom stereocenters. The number of carboxylic acids is 1. The van der Waals surface area contributed by atoms with Crippen molar-refractivity contribution in [2.75, 3.05) is 19.7 Å². The van der Waals surface area contributed by atoms with Crippen LogP contribution in [0.5, 0.6) is 0 Å². The van der Waals surface area contributed by atoms with Gasteiger partial charge in [0, 0.05) is 34.2 Å². The predicted molar refractivity (Wildman–Crippen MR) is 133 cm³/mol. The third-order valence-corrected chi connectivity index (χ3v) is 7.44. The van der Waals surface area contributed by atoms with Crippen LogP contribution in [0.25, 0.3) is 15.8 Å². The van der Waals surface area contributed by atoms with Gasteiger partial charge in [-0.15, -0.1) is 11.3 Å². The van der Waals surface area contributed by atoms with Crippen LogP contribution in [0.1, 0.15) is 62.4 Å². The first-order chi connectivity index (χ1) is 15.5. The number of carbonyl (C=O) groups is 1. The van der Waals surface area contributed by atoms with E-state index in [0.29, 0.717) is 17.9 Å². The molecule has 1 fully saturated rings. The van der Waals surface area contributed by atoms with E-state index in [9.17, 15) is 9.90 Å². The van der Waals surface area contributed by atoms with Crippen LogP contribution in [-0.2, 0) is 14.3 Å². The molecule has 178 valence electrons. The fraction of sp³-hybridized carbons (Fsp3) is 0.538. The number of aromatic nitrogens is 1. The summed E-state index contributed by atoms with van der Waals surface area (Å²) in [5, 5.41) is 10.2. The SMILES string of the molecule is CCN1CCOC2=CC=C(c3c([C@H](OC(C)(C)C)C(=O)O)c(C)nc4cc(C)sc34)C(C)C21. The maximum atomic E-state index is 12.5. The van der Waals surface area contributed by atoms with Gasteiger partial charge in [0.25, 0.3) is 0 Å². The first kappa shape index (κ1) is 23.9. The van der Waals surface area contributed by atoms with Crippen LogP contribution in [0.15, 0.2) is 24.0 Å². The summed E-state index contributed by atoms with van der Waals surface area (Å²) in [6.07, 6.45) is 3.06. The highest BCUT2D eigenvalue weighted by molar-refractivity contribution is 7.19. The van der Waals surface area contributed by atoms with E-state index in [4.69, 9.17) is 14.5 Å². The average molecular weight is 471 g/mol. The number of fused-ring (bicyclic) bond motifs is 2. The van der Waals surface area contributed by atoms with Gasteiger partial charge in [-0.25, -0.2) is 4.79 Å². The van der Waals surface area contributed by atoms with Crippen molar-refractivity contribution in [3.8, 4) is 0 Å². The molecule has 0 saturated carbocycles. The lowest BCUT2D eigenvalue weighted by Gasteiger charge is -2.43. The summed E-state index contributed by atoms with van der Waals surface area (Å²) in [5.41, 5.74) is 3.70. The van der Waals surface area contributed by atoms with Crippen molar-refractivity contribution < 1.29 is 19.4 Å². The zero-order valence-electron chi connectivity index (χ0n) is 20.6. The van der Waals surface area contributed by atoms with Crippen molar-refractivity contribution in [2.24, 2.45) is 5.92 Å². The van der Waals surface area contributed by atoms with Crippen LogP contribution in [0.4, 0.5) is 0 Å². The lowest BCUT2D eigenvalue weighted by atomic mass is 9.79. The molecule has 0 amide bonds. The van der Waals surface area contributed by atoms with E-state index in [1.165, 1.54) is 0 Å². The molecular formula is C26H34N2O4S. The number of nitrogens with zero attached hydrogens (tertiary/aromatic N) is 2. The van der Waals surface area contributed by atoms with Gasteiger partial charge in [0.2, 0.25) is 0 Å². The molecule has 0 aromatic carbocycles. The fourth-order valence-corrected chi connectivity index (χ4v) is 6.09. The third kappa shape index (κ3) is 4.46. The summed E-state index contributed by atoms with van der Waals surface area (Å²) in [6, 6.07) is 2.21. The highest BCUT2D eigenvalue weighted by Crippen LogP contribution is 2.45. The fourth-order valence-electron chi connectivity index (χ4n) is 5.05. The standard InChI is InChI=1S/C26H34N2O4S/c1-8-28-11-12-31-19-10-9-17(15(3)22(19)28)21-20(23(25(29)30)32-26(5,6)7)16(4)27-18-13-14(2)33-24(18)21/h9-10,13,15,22-23H,8,11-12H2,1-7H3,(H,29,30)/t15?,22?,23-/m0/s1. The van der Waals surface area contributed by atoms with Crippen molar-refractivity contribution in [2.45, 2.75) is 66.2 Å². The maximum Gasteiger partial charge on any atom is 0.337 e. The molecule has 3 atom stereocenters. The van der Waals surface area contributed by atoms with E-state index >= 15 is 0 Å². The summed E-state index contributed by atoms with van der Waals surface area (Å²) in [4.78, 5) is 20.9. The number of aryl methyl sites for hydroxylation is 2. The Morgan fingerprint density at radius 1 is 1.36 bits per heavy atom. The van der Waals surface area contributed by atoms with E-state index in [1.807, 2.05) is 27.7 Å². The Kier molecular flexibility index (Phi) is 6.42. The summed E-state index contributed by atoms with van der Waals surface area (Å²) >= 11 is 1.66. The highest BCUT2D eigenvalue weighted by Gasteiger charge is 2.39. The van der Waals surface area contributed by atoms with Crippen molar-refractivity contribution in [3.63, 3.8) is 0 Å². The quantitative estimate of drug-likeness (QED) is 0.623. The summed E-state index contributed by atoms with van der Waals surface area (Å²) < 4.78 is 13.2. The van der Waals surface area contributed by atoms with Crippen LogP contribution >= 0.6 is 11.3 Å². The van der Waals surface area contributed by atoms with Crippen LogP contribution in [-0.4, -0.2) is 52.3 Å². The largest absolute Gasteiger partial charge is 0.495 e. The molecule has 3 heterocycles. The second kappa shape index (κ2) is 8.85. The van der Waals surface area contributed by atoms with Crippen molar-refractivity contribution in [1.82, 2.24) is 9.88 Å². The molecule has 1 aliphatic heterocycles. The van der Waals surface area contributed by atoms with Gasteiger partial charge in [0.15, 0.2) is 6.10 Å². The molecule has 0 bridgehead atoms. The second-order valence-corrected chi connectivity index (χ2v) is 11.2. The Labute approximate surface area is 199 Å². The van der Waals surface area contributed by atoms with Gasteiger partial charge in [-0.3, -0.25) is 9.88 Å². The van der Waals surface area contributed by atoms with Crippen LogP contribution in [0, 0.1) is 19.8 Å². The zero-order chi connectivity index (χ0) is 24.1. The molecule has 1 saturated heterocycles. The number of thiophene rings is 1. The number of pyridine rings is 1. The van der Waals surface area contributed by atoms with Gasteiger partial charge in [0.05, 0.1) is 21.9 Å². The number of ether oxygens (including phenoxy) is 2. The smallest absolute Gasteiger partial charge is 0.337 e. The van der Waals surface area contributed by atoms with Gasteiger partial charge < -0.3 is 14.6 Å². The average Bonchev–Trinajstić information content (AvgIpc) is 3.10. The van der Waals surface area contributed by atoms with E-state index in [0.717, 1.165) is 45.1 Å². The minimum absolute atomic E-state index is 0.125. The number of allylic oxidation sites excluding steroid dienone is 2. The number of aliphatic carboxylic acids is 1. The minimum atomic E-state index is -1.11. The number of rotatable bonds is 5. The first-order valence-corrected chi connectivity index (χ1v) is 12.4. The molecule has 4 rings (SSSR count). The van der Waals surface area contributed by atoms with Crippen molar-refractivity contribution in [3.05, 3.63) is 45.7 Å². The van der Waals surface area contributed by atoms with Gasteiger partial charge in [-0.05, 0) is 58.9 Å². The predicted octanol–water partition coefficient (Wildman–Crippen LogP) is 5.49. The van der Waals surface area contributed by atoms with E-state index in [-0.39, 0.29) is 12.0 Å². The Balaban J connectivity index is 1.98.